The molecule has 0 spiro atoms. The lowest BCUT2D eigenvalue weighted by molar-refractivity contribution is 0.140. The topological polar surface area (TPSA) is 30.5 Å². The third-order valence-electron chi connectivity index (χ3n) is 3.33. The normalized spacial score (nSPS) is 19.1. The van der Waals surface area contributed by atoms with Crippen LogP contribution in [0.2, 0.25) is 0 Å². The molecule has 1 aliphatic heterocycles. The van der Waals surface area contributed by atoms with Crippen molar-refractivity contribution in [3.63, 3.8) is 0 Å². The summed E-state index contributed by atoms with van der Waals surface area (Å²) in [7, 11) is 0. The monoisotopic (exact) mass is 263 g/mol. The molecule has 1 aromatic carbocycles. The van der Waals surface area contributed by atoms with Gasteiger partial charge in [-0.15, -0.1) is 0 Å². The zero-order valence-electron chi connectivity index (χ0n) is 12.2. The molecule has 1 heterocycles. The summed E-state index contributed by atoms with van der Waals surface area (Å²) >= 11 is 0. The summed E-state index contributed by atoms with van der Waals surface area (Å²) in [6.07, 6.45) is 1.21. The molecule has 19 heavy (non-hydrogen) atoms. The molecule has 1 N–H and O–H groups in total. The molecule has 106 valence electrons. The van der Waals surface area contributed by atoms with Gasteiger partial charge < -0.3 is 14.8 Å². The highest BCUT2D eigenvalue weighted by Crippen LogP contribution is 2.26. The van der Waals surface area contributed by atoms with E-state index in [4.69, 9.17) is 9.47 Å². The molecule has 0 radical (unpaired) electrons. The van der Waals surface area contributed by atoms with Crippen molar-refractivity contribution in [1.82, 2.24) is 5.32 Å². The molecule has 2 rings (SSSR count). The summed E-state index contributed by atoms with van der Waals surface area (Å²) in [4.78, 5) is 0. The molecule has 0 saturated carbocycles. The maximum atomic E-state index is 6.13. The van der Waals surface area contributed by atoms with Crippen LogP contribution in [0.5, 0.6) is 5.75 Å². The van der Waals surface area contributed by atoms with Crippen LogP contribution in [0.25, 0.3) is 0 Å². The van der Waals surface area contributed by atoms with E-state index in [0.29, 0.717) is 12.5 Å². The average molecular weight is 263 g/mol. The fourth-order valence-corrected chi connectivity index (χ4v) is 2.29. The second kappa shape index (κ2) is 6.92. The molecule has 3 nitrogen and oxygen atoms in total. The number of hydrogen-bond acceptors (Lipinski definition) is 3. The fraction of sp³-hybridized carbons (Fsp3) is 0.625. The number of aryl methyl sites for hydroxylation is 1. The Morgan fingerprint density at radius 2 is 2.26 bits per heavy atom. The maximum absolute atomic E-state index is 6.13. The van der Waals surface area contributed by atoms with E-state index in [0.717, 1.165) is 31.9 Å². The van der Waals surface area contributed by atoms with Crippen LogP contribution in [0.4, 0.5) is 0 Å². The highest BCUT2D eigenvalue weighted by Gasteiger charge is 2.19. The minimum absolute atomic E-state index is 0.213. The van der Waals surface area contributed by atoms with Crippen LogP contribution in [0.15, 0.2) is 18.2 Å². The standard InChI is InChI=1S/C16H25NO2/c1-12(2)9-17-10-14-6-4-5-13(3)16(14)19-15-7-8-18-11-15/h4-6,12,15,17H,7-11H2,1-3H3. The quantitative estimate of drug-likeness (QED) is 0.856. The third kappa shape index (κ3) is 4.22. The summed E-state index contributed by atoms with van der Waals surface area (Å²) < 4.78 is 11.5. The molecular weight excluding hydrogens is 238 g/mol. The first-order valence-electron chi connectivity index (χ1n) is 7.20. The molecule has 3 heteroatoms. The van der Waals surface area contributed by atoms with E-state index >= 15 is 0 Å². The molecule has 1 unspecified atom stereocenters. The van der Waals surface area contributed by atoms with E-state index in [2.05, 4.69) is 44.3 Å². The first-order valence-corrected chi connectivity index (χ1v) is 7.20. The second-order valence-electron chi connectivity index (χ2n) is 5.69. The first kappa shape index (κ1) is 14.4. The Bertz CT molecular complexity index is 398. The fourth-order valence-electron chi connectivity index (χ4n) is 2.29. The van der Waals surface area contributed by atoms with Gasteiger partial charge >= 0.3 is 0 Å². The number of benzene rings is 1. The van der Waals surface area contributed by atoms with Gasteiger partial charge in [-0.1, -0.05) is 32.0 Å². The van der Waals surface area contributed by atoms with E-state index in [-0.39, 0.29) is 6.10 Å². The van der Waals surface area contributed by atoms with Crippen molar-refractivity contribution in [2.45, 2.75) is 39.8 Å². The van der Waals surface area contributed by atoms with Crippen LogP contribution in [-0.2, 0) is 11.3 Å². The van der Waals surface area contributed by atoms with E-state index in [1.54, 1.807) is 0 Å². The lowest BCUT2D eigenvalue weighted by Crippen LogP contribution is -2.21. The summed E-state index contributed by atoms with van der Waals surface area (Å²) in [5.41, 5.74) is 2.45. The summed E-state index contributed by atoms with van der Waals surface area (Å²) in [5, 5.41) is 3.48. The van der Waals surface area contributed by atoms with Crippen molar-refractivity contribution < 1.29 is 9.47 Å². The molecule has 0 aromatic heterocycles. The number of para-hydroxylation sites is 1. The van der Waals surface area contributed by atoms with E-state index in [9.17, 15) is 0 Å². The third-order valence-corrected chi connectivity index (χ3v) is 3.33. The molecule has 0 amide bonds. The zero-order chi connectivity index (χ0) is 13.7. The molecule has 1 atom stereocenters. The largest absolute Gasteiger partial charge is 0.487 e. The van der Waals surface area contributed by atoms with Crippen molar-refractivity contribution >= 4 is 0 Å². The van der Waals surface area contributed by atoms with Gasteiger partial charge in [-0.05, 0) is 24.9 Å². The van der Waals surface area contributed by atoms with Gasteiger partial charge in [-0.25, -0.2) is 0 Å². The Morgan fingerprint density at radius 3 is 2.95 bits per heavy atom. The number of rotatable bonds is 6. The number of nitrogens with one attached hydrogen (secondary N) is 1. The van der Waals surface area contributed by atoms with Crippen LogP contribution < -0.4 is 10.1 Å². The highest BCUT2D eigenvalue weighted by atomic mass is 16.5. The Morgan fingerprint density at radius 1 is 1.42 bits per heavy atom. The first-order chi connectivity index (χ1) is 9.16. The predicted octanol–water partition coefficient (Wildman–Crippen LogP) is 2.91. The molecule has 1 saturated heterocycles. The van der Waals surface area contributed by atoms with Crippen molar-refractivity contribution in [3.8, 4) is 5.75 Å². The molecule has 1 aromatic rings. The SMILES string of the molecule is Cc1cccc(CNCC(C)C)c1OC1CCOC1. The van der Waals surface area contributed by atoms with Gasteiger partial charge in [-0.2, -0.15) is 0 Å². The Kier molecular flexibility index (Phi) is 5.23. The highest BCUT2D eigenvalue weighted by molar-refractivity contribution is 5.41. The summed E-state index contributed by atoms with van der Waals surface area (Å²) in [5.74, 6) is 1.70. The van der Waals surface area contributed by atoms with Crippen molar-refractivity contribution in [3.05, 3.63) is 29.3 Å². The van der Waals surface area contributed by atoms with Gasteiger partial charge in [0.25, 0.3) is 0 Å². The molecule has 1 aliphatic rings. The predicted molar refractivity (Wildman–Crippen MR) is 77.6 cm³/mol. The van der Waals surface area contributed by atoms with Crippen LogP contribution >= 0.6 is 0 Å². The van der Waals surface area contributed by atoms with Gasteiger partial charge in [0.05, 0.1) is 13.2 Å². The molecule has 0 bridgehead atoms. The van der Waals surface area contributed by atoms with E-state index in [1.807, 2.05) is 0 Å². The molecule has 0 aliphatic carbocycles. The van der Waals surface area contributed by atoms with Crippen molar-refractivity contribution in [2.75, 3.05) is 19.8 Å². The number of hydrogen-bond donors (Lipinski definition) is 1. The van der Waals surface area contributed by atoms with Gasteiger partial charge in [0, 0.05) is 18.5 Å². The smallest absolute Gasteiger partial charge is 0.127 e. The van der Waals surface area contributed by atoms with Gasteiger partial charge in [-0.3, -0.25) is 0 Å². The maximum Gasteiger partial charge on any atom is 0.127 e. The van der Waals surface area contributed by atoms with Crippen LogP contribution in [0.1, 0.15) is 31.4 Å². The van der Waals surface area contributed by atoms with E-state index in [1.165, 1.54) is 11.1 Å². The second-order valence-corrected chi connectivity index (χ2v) is 5.69. The minimum Gasteiger partial charge on any atom is -0.487 e. The summed E-state index contributed by atoms with van der Waals surface area (Å²) in [6, 6.07) is 6.35. The minimum atomic E-state index is 0.213. The molecular formula is C16H25NO2. The molecule has 1 fully saturated rings. The van der Waals surface area contributed by atoms with Gasteiger partial charge in [0.1, 0.15) is 11.9 Å². The average Bonchev–Trinajstić information content (AvgIpc) is 2.85. The lowest BCUT2D eigenvalue weighted by atomic mass is 10.1. The van der Waals surface area contributed by atoms with Crippen molar-refractivity contribution in [2.24, 2.45) is 5.92 Å². The Hall–Kier alpha value is -1.06. The Labute approximate surface area is 116 Å². The van der Waals surface area contributed by atoms with Crippen LogP contribution in [-0.4, -0.2) is 25.9 Å². The zero-order valence-corrected chi connectivity index (χ0v) is 12.2. The summed E-state index contributed by atoms with van der Waals surface area (Å²) in [6.45, 7) is 9.97. The Balaban J connectivity index is 2.02. The van der Waals surface area contributed by atoms with Crippen LogP contribution in [0, 0.1) is 12.8 Å². The van der Waals surface area contributed by atoms with E-state index < -0.39 is 0 Å². The lowest BCUT2D eigenvalue weighted by Gasteiger charge is -2.18. The van der Waals surface area contributed by atoms with Gasteiger partial charge in [0.15, 0.2) is 0 Å². The van der Waals surface area contributed by atoms with Crippen LogP contribution in [0.3, 0.4) is 0 Å². The van der Waals surface area contributed by atoms with Gasteiger partial charge in [0.2, 0.25) is 0 Å². The van der Waals surface area contributed by atoms with Crippen molar-refractivity contribution in [1.29, 1.82) is 0 Å². The number of ether oxygens (including phenoxy) is 2.